The smallest absolute Gasteiger partial charge is 0.292 e. The van der Waals surface area contributed by atoms with Crippen LogP contribution in [0.5, 0.6) is 0 Å². The summed E-state index contributed by atoms with van der Waals surface area (Å²) < 4.78 is 36.4. The molecule has 0 N–H and O–H groups in total. The molecule has 0 aromatic carbocycles. The van der Waals surface area contributed by atoms with Gasteiger partial charge in [-0.3, -0.25) is 4.79 Å². The summed E-state index contributed by atoms with van der Waals surface area (Å²) in [5.74, 6) is -1.15. The van der Waals surface area contributed by atoms with Gasteiger partial charge in [0.2, 0.25) is 4.87 Å². The van der Waals surface area contributed by atoms with E-state index in [-0.39, 0.29) is 0 Å². The van der Waals surface area contributed by atoms with Crippen molar-refractivity contribution in [3.8, 4) is 0 Å². The molecule has 1 nitrogen and oxygen atoms in total. The first-order chi connectivity index (χ1) is 5.38. The van der Waals surface area contributed by atoms with Crippen LogP contribution in [0.25, 0.3) is 0 Å². The van der Waals surface area contributed by atoms with Crippen molar-refractivity contribution in [2.75, 3.05) is 0 Å². The molecule has 0 bridgehead atoms. The minimum Gasteiger partial charge on any atom is -0.292 e. The van der Waals surface area contributed by atoms with Crippen molar-refractivity contribution in [1.29, 1.82) is 0 Å². The Hall–Kier alpha value is -0.770. The SMILES string of the molecule is O=C1C=CC=CC1(Cl)C(F)(F)F. The number of alkyl halides is 4. The summed E-state index contributed by atoms with van der Waals surface area (Å²) in [7, 11) is 0. The molecule has 0 aromatic rings. The molecule has 5 heteroatoms. The van der Waals surface area contributed by atoms with Gasteiger partial charge < -0.3 is 0 Å². The van der Waals surface area contributed by atoms with Gasteiger partial charge in [0.15, 0.2) is 5.78 Å². The standard InChI is InChI=1S/C7H4ClF3O/c8-6(7(9,10)11)4-2-1-3-5(6)12/h1-4H. The lowest BCUT2D eigenvalue weighted by Crippen LogP contribution is -2.45. The molecule has 0 saturated carbocycles. The quantitative estimate of drug-likeness (QED) is 0.543. The van der Waals surface area contributed by atoms with E-state index < -0.39 is 16.8 Å². The molecule has 0 aromatic heterocycles. The fourth-order valence-electron chi connectivity index (χ4n) is 0.769. The highest BCUT2D eigenvalue weighted by Crippen LogP contribution is 2.39. The van der Waals surface area contributed by atoms with Gasteiger partial charge in [0, 0.05) is 0 Å². The summed E-state index contributed by atoms with van der Waals surface area (Å²) in [6.45, 7) is 0. The fourth-order valence-corrected chi connectivity index (χ4v) is 0.904. The molecule has 66 valence electrons. The van der Waals surface area contributed by atoms with E-state index in [0.717, 1.165) is 12.2 Å². The average Bonchev–Trinajstić information content (AvgIpc) is 1.93. The van der Waals surface area contributed by atoms with Crippen LogP contribution in [0.2, 0.25) is 0 Å². The Morgan fingerprint density at radius 2 is 1.92 bits per heavy atom. The van der Waals surface area contributed by atoms with Crippen LogP contribution >= 0.6 is 11.6 Å². The topological polar surface area (TPSA) is 17.1 Å². The highest BCUT2D eigenvalue weighted by Gasteiger charge is 2.56. The van der Waals surface area contributed by atoms with Crippen molar-refractivity contribution >= 4 is 17.4 Å². The minimum atomic E-state index is -4.74. The number of carbonyl (C=O) groups excluding carboxylic acids is 1. The first-order valence-electron chi connectivity index (χ1n) is 3.04. The number of hydrogen-bond donors (Lipinski definition) is 0. The van der Waals surface area contributed by atoms with Crippen LogP contribution in [0.1, 0.15) is 0 Å². The van der Waals surface area contributed by atoms with E-state index >= 15 is 0 Å². The number of hydrogen-bond acceptors (Lipinski definition) is 1. The number of rotatable bonds is 0. The van der Waals surface area contributed by atoms with Gasteiger partial charge in [-0.2, -0.15) is 13.2 Å². The van der Waals surface area contributed by atoms with E-state index in [0.29, 0.717) is 6.08 Å². The summed E-state index contributed by atoms with van der Waals surface area (Å²) >= 11 is 5.09. The summed E-state index contributed by atoms with van der Waals surface area (Å²) in [4.78, 5) is 7.91. The van der Waals surface area contributed by atoms with Crippen LogP contribution in [-0.2, 0) is 4.79 Å². The third-order valence-electron chi connectivity index (χ3n) is 1.46. The molecule has 1 rings (SSSR count). The van der Waals surface area contributed by atoms with E-state index in [1.54, 1.807) is 0 Å². The zero-order valence-corrected chi connectivity index (χ0v) is 6.49. The predicted octanol–water partition coefficient (Wildman–Crippen LogP) is 2.22. The monoisotopic (exact) mass is 196 g/mol. The Morgan fingerprint density at radius 1 is 1.33 bits per heavy atom. The Morgan fingerprint density at radius 3 is 2.25 bits per heavy atom. The molecular formula is C7H4ClF3O. The normalized spacial score (nSPS) is 29.5. The van der Waals surface area contributed by atoms with E-state index in [4.69, 9.17) is 11.6 Å². The van der Waals surface area contributed by atoms with Gasteiger partial charge in [-0.25, -0.2) is 0 Å². The van der Waals surface area contributed by atoms with Crippen LogP contribution < -0.4 is 0 Å². The van der Waals surface area contributed by atoms with Crippen molar-refractivity contribution in [1.82, 2.24) is 0 Å². The van der Waals surface area contributed by atoms with E-state index in [2.05, 4.69) is 0 Å². The highest BCUT2D eigenvalue weighted by molar-refractivity contribution is 6.39. The number of allylic oxidation sites excluding steroid dienone is 4. The fraction of sp³-hybridized carbons (Fsp3) is 0.286. The molecule has 0 heterocycles. The van der Waals surface area contributed by atoms with Crippen molar-refractivity contribution in [3.63, 3.8) is 0 Å². The predicted molar refractivity (Wildman–Crippen MR) is 37.9 cm³/mol. The molecule has 0 amide bonds. The van der Waals surface area contributed by atoms with E-state index in [1.165, 1.54) is 6.08 Å². The first kappa shape index (κ1) is 9.32. The summed E-state index contributed by atoms with van der Waals surface area (Å²) in [5, 5.41) is 0. The minimum absolute atomic E-state index is 0.636. The summed E-state index contributed by atoms with van der Waals surface area (Å²) in [6, 6.07) is 0. The molecule has 0 aliphatic heterocycles. The third kappa shape index (κ3) is 1.27. The first-order valence-corrected chi connectivity index (χ1v) is 3.42. The van der Waals surface area contributed by atoms with Crippen LogP contribution in [0.15, 0.2) is 24.3 Å². The molecule has 12 heavy (non-hydrogen) atoms. The zero-order chi connectivity index (χ0) is 9.41. The van der Waals surface area contributed by atoms with Gasteiger partial charge >= 0.3 is 6.18 Å². The van der Waals surface area contributed by atoms with Crippen LogP contribution in [0.3, 0.4) is 0 Å². The van der Waals surface area contributed by atoms with E-state index in [9.17, 15) is 18.0 Å². The van der Waals surface area contributed by atoms with Gasteiger partial charge in [-0.1, -0.05) is 23.8 Å². The lowest BCUT2D eigenvalue weighted by molar-refractivity contribution is -0.160. The molecule has 1 unspecified atom stereocenters. The second-order valence-corrected chi connectivity index (χ2v) is 2.89. The van der Waals surface area contributed by atoms with E-state index in [1.807, 2.05) is 0 Å². The molecule has 0 spiro atoms. The van der Waals surface area contributed by atoms with Crippen LogP contribution in [0, 0.1) is 0 Å². The van der Waals surface area contributed by atoms with Gasteiger partial charge in [0.25, 0.3) is 0 Å². The van der Waals surface area contributed by atoms with Gasteiger partial charge in [0.1, 0.15) is 0 Å². The number of ketones is 1. The van der Waals surface area contributed by atoms with Gasteiger partial charge in [0.05, 0.1) is 0 Å². The lowest BCUT2D eigenvalue weighted by Gasteiger charge is -2.24. The third-order valence-corrected chi connectivity index (χ3v) is 1.98. The largest absolute Gasteiger partial charge is 0.418 e. The molecule has 0 saturated heterocycles. The Kier molecular flexibility index (Phi) is 2.04. The molecule has 1 aliphatic rings. The Labute approximate surface area is 71.5 Å². The van der Waals surface area contributed by atoms with Crippen LogP contribution in [-0.4, -0.2) is 16.8 Å². The maximum Gasteiger partial charge on any atom is 0.418 e. The molecule has 1 atom stereocenters. The van der Waals surface area contributed by atoms with Gasteiger partial charge in [-0.05, 0) is 12.2 Å². The van der Waals surface area contributed by atoms with Gasteiger partial charge in [-0.15, -0.1) is 0 Å². The molecule has 0 radical (unpaired) electrons. The maximum absolute atomic E-state index is 12.1. The van der Waals surface area contributed by atoms with Crippen molar-refractivity contribution in [2.24, 2.45) is 0 Å². The van der Waals surface area contributed by atoms with Crippen molar-refractivity contribution in [3.05, 3.63) is 24.3 Å². The maximum atomic E-state index is 12.1. The van der Waals surface area contributed by atoms with Crippen molar-refractivity contribution in [2.45, 2.75) is 11.1 Å². The average molecular weight is 197 g/mol. The molecular weight excluding hydrogens is 193 g/mol. The van der Waals surface area contributed by atoms with Crippen molar-refractivity contribution < 1.29 is 18.0 Å². The second-order valence-electron chi connectivity index (χ2n) is 2.29. The molecule has 0 fully saturated rings. The summed E-state index contributed by atoms with van der Waals surface area (Å²) in [6.07, 6.45) is -0.985. The number of halogens is 4. The second kappa shape index (κ2) is 2.62. The number of carbonyl (C=O) groups is 1. The highest BCUT2D eigenvalue weighted by atomic mass is 35.5. The zero-order valence-electron chi connectivity index (χ0n) is 5.73. The Balaban J connectivity index is 3.07. The molecule has 1 aliphatic carbocycles. The van der Waals surface area contributed by atoms with Crippen LogP contribution in [0.4, 0.5) is 13.2 Å². The Bertz CT molecular complexity index is 266. The lowest BCUT2D eigenvalue weighted by atomic mass is 9.98. The summed E-state index contributed by atoms with van der Waals surface area (Å²) in [5.41, 5.74) is 0.